The lowest BCUT2D eigenvalue weighted by Crippen LogP contribution is -2.29. The molecule has 1 aliphatic heterocycles. The number of aryl methyl sites for hydroxylation is 1. The molecule has 4 heteroatoms. The Bertz CT molecular complexity index is 550. The molecule has 0 unspecified atom stereocenters. The van der Waals surface area contributed by atoms with Crippen molar-refractivity contribution in [2.24, 2.45) is 5.92 Å². The Labute approximate surface area is 222 Å². The summed E-state index contributed by atoms with van der Waals surface area (Å²) in [5.74, 6) is 0.780. The number of aromatic nitrogens is 1. The van der Waals surface area contributed by atoms with Crippen LogP contribution in [0.25, 0.3) is 0 Å². The first-order valence-corrected chi connectivity index (χ1v) is 16.4. The van der Waals surface area contributed by atoms with Crippen LogP contribution in [0.1, 0.15) is 142 Å². The van der Waals surface area contributed by atoms with Crippen LogP contribution < -0.4 is 4.57 Å². The van der Waals surface area contributed by atoms with Gasteiger partial charge in [0.15, 0.2) is 6.20 Å². The first-order chi connectivity index (χ1) is 17.4. The Hall–Kier alpha value is -0.450. The summed E-state index contributed by atoms with van der Waals surface area (Å²) in [5, 5.41) is 2.15. The van der Waals surface area contributed by atoms with Crippen molar-refractivity contribution in [3.63, 3.8) is 0 Å². The van der Waals surface area contributed by atoms with Gasteiger partial charge in [-0.1, -0.05) is 121 Å². The predicted molar refractivity (Wildman–Crippen MR) is 151 cm³/mol. The number of hydrogen-bond acceptors (Lipinski definition) is 3. The highest BCUT2D eigenvalue weighted by molar-refractivity contribution is 7.07. The fourth-order valence-electron chi connectivity index (χ4n) is 5.36. The molecule has 0 N–H and O–H groups in total. The van der Waals surface area contributed by atoms with E-state index in [1.54, 1.807) is 11.3 Å². The second-order valence-corrected chi connectivity index (χ2v) is 11.8. The van der Waals surface area contributed by atoms with Crippen molar-refractivity contribution < 1.29 is 14.0 Å². The van der Waals surface area contributed by atoms with Gasteiger partial charge in [-0.05, 0) is 31.6 Å². The number of unbranched alkanes of at least 4 members (excludes halogenated alkanes) is 17. The van der Waals surface area contributed by atoms with Gasteiger partial charge < -0.3 is 9.47 Å². The standard InChI is InChI=1S/C31H58NO2S/c1-2-3-4-5-6-7-8-9-10-11-12-13-15-18-21-30-26-31(34-27-30)28-33-24-20-17-14-16-19-22-32-23-25-35-29-32/h23,25,29-31H,2-22,24,26-28H2,1H3/q+1/t30-,31+/m0/s1. The van der Waals surface area contributed by atoms with Crippen LogP contribution in [0.4, 0.5) is 0 Å². The maximum atomic E-state index is 6.00. The molecule has 0 bridgehead atoms. The van der Waals surface area contributed by atoms with Crippen molar-refractivity contribution in [3.8, 4) is 0 Å². The topological polar surface area (TPSA) is 22.3 Å². The summed E-state index contributed by atoms with van der Waals surface area (Å²) in [7, 11) is 0. The van der Waals surface area contributed by atoms with Crippen molar-refractivity contribution in [2.75, 3.05) is 19.8 Å². The van der Waals surface area contributed by atoms with E-state index >= 15 is 0 Å². The molecule has 1 fully saturated rings. The van der Waals surface area contributed by atoms with E-state index in [1.807, 2.05) is 0 Å². The molecule has 3 nitrogen and oxygen atoms in total. The number of rotatable bonds is 25. The summed E-state index contributed by atoms with van der Waals surface area (Å²) in [6.07, 6.45) is 31.7. The Morgan fingerprint density at radius 2 is 1.37 bits per heavy atom. The van der Waals surface area contributed by atoms with Crippen molar-refractivity contribution in [1.82, 2.24) is 0 Å². The van der Waals surface area contributed by atoms with E-state index in [0.717, 1.165) is 25.7 Å². The second kappa shape index (κ2) is 22.7. The summed E-state index contributed by atoms with van der Waals surface area (Å²) >= 11 is 1.77. The molecule has 0 radical (unpaired) electrons. The third-order valence-electron chi connectivity index (χ3n) is 7.67. The maximum absolute atomic E-state index is 6.00. The lowest BCUT2D eigenvalue weighted by Gasteiger charge is -2.10. The predicted octanol–water partition coefficient (Wildman–Crippen LogP) is 9.28. The van der Waals surface area contributed by atoms with Crippen LogP contribution in [-0.2, 0) is 16.0 Å². The fourth-order valence-corrected chi connectivity index (χ4v) is 5.99. The zero-order valence-corrected chi connectivity index (χ0v) is 24.1. The minimum absolute atomic E-state index is 0.356. The minimum atomic E-state index is 0.356. The quantitative estimate of drug-likeness (QED) is 0.0969. The van der Waals surface area contributed by atoms with Crippen LogP contribution in [0, 0.1) is 5.92 Å². The Kier molecular flexibility index (Phi) is 20.0. The van der Waals surface area contributed by atoms with E-state index in [-0.39, 0.29) is 0 Å². The molecule has 0 aliphatic carbocycles. The van der Waals surface area contributed by atoms with Gasteiger partial charge in [-0.2, -0.15) is 4.57 Å². The third kappa shape index (κ3) is 17.6. The lowest BCUT2D eigenvalue weighted by atomic mass is 9.97. The number of hydrogen-bond donors (Lipinski definition) is 0. The molecule has 2 atom stereocenters. The summed E-state index contributed by atoms with van der Waals surface area (Å²) in [5.41, 5.74) is 2.20. The first-order valence-electron chi connectivity index (χ1n) is 15.5. The summed E-state index contributed by atoms with van der Waals surface area (Å²) < 4.78 is 14.2. The van der Waals surface area contributed by atoms with Gasteiger partial charge in [-0.15, -0.1) is 0 Å². The average Bonchev–Trinajstić information content (AvgIpc) is 3.55. The average molecular weight is 509 g/mol. The van der Waals surface area contributed by atoms with Gasteiger partial charge in [0, 0.05) is 19.6 Å². The lowest BCUT2D eigenvalue weighted by molar-refractivity contribution is -0.692. The number of ether oxygens (including phenoxy) is 2. The van der Waals surface area contributed by atoms with Crippen LogP contribution in [0.15, 0.2) is 17.1 Å². The molecule has 204 valence electrons. The van der Waals surface area contributed by atoms with Crippen molar-refractivity contribution >= 4 is 11.3 Å². The van der Waals surface area contributed by atoms with Gasteiger partial charge in [0.05, 0.1) is 18.1 Å². The molecular weight excluding hydrogens is 450 g/mol. The smallest absolute Gasteiger partial charge is 0.224 e. The molecule has 1 aromatic rings. The van der Waals surface area contributed by atoms with Gasteiger partial charge in [-0.25, -0.2) is 0 Å². The molecule has 35 heavy (non-hydrogen) atoms. The van der Waals surface area contributed by atoms with Crippen LogP contribution >= 0.6 is 11.3 Å². The van der Waals surface area contributed by atoms with Crippen LogP contribution in [0.3, 0.4) is 0 Å². The molecule has 0 spiro atoms. The zero-order chi connectivity index (χ0) is 24.7. The van der Waals surface area contributed by atoms with Crippen molar-refractivity contribution in [3.05, 3.63) is 17.1 Å². The van der Waals surface area contributed by atoms with E-state index in [9.17, 15) is 0 Å². The van der Waals surface area contributed by atoms with Crippen molar-refractivity contribution in [2.45, 2.75) is 154 Å². The molecule has 0 aromatic carbocycles. The van der Waals surface area contributed by atoms with E-state index in [0.29, 0.717) is 6.10 Å². The summed E-state index contributed by atoms with van der Waals surface area (Å²) in [6.45, 7) is 6.15. The van der Waals surface area contributed by atoms with E-state index in [1.165, 1.54) is 141 Å². The molecule has 0 saturated carbocycles. The highest BCUT2D eigenvalue weighted by atomic mass is 32.1. The highest BCUT2D eigenvalue weighted by Crippen LogP contribution is 2.25. The second-order valence-electron chi connectivity index (χ2n) is 11.0. The van der Waals surface area contributed by atoms with E-state index < -0.39 is 0 Å². The number of nitrogens with zero attached hydrogens (tertiary/aromatic N) is 1. The molecule has 1 aromatic heterocycles. The normalized spacial score (nSPS) is 18.0. The van der Waals surface area contributed by atoms with Gasteiger partial charge in [0.2, 0.25) is 5.51 Å². The van der Waals surface area contributed by atoms with Crippen LogP contribution in [0.2, 0.25) is 0 Å². The molecule has 2 heterocycles. The van der Waals surface area contributed by atoms with E-state index in [2.05, 4.69) is 28.6 Å². The Morgan fingerprint density at radius 1 is 0.771 bits per heavy atom. The molecule has 1 saturated heterocycles. The third-order valence-corrected chi connectivity index (χ3v) is 8.34. The van der Waals surface area contributed by atoms with Crippen LogP contribution in [-0.4, -0.2) is 25.9 Å². The fraction of sp³-hybridized carbons (Fsp3) is 0.903. The van der Waals surface area contributed by atoms with Gasteiger partial charge >= 0.3 is 0 Å². The first kappa shape index (κ1) is 30.8. The monoisotopic (exact) mass is 508 g/mol. The molecule has 0 amide bonds. The summed E-state index contributed by atoms with van der Waals surface area (Å²) in [4.78, 5) is 0. The van der Waals surface area contributed by atoms with Gasteiger partial charge in [-0.3, -0.25) is 0 Å². The molecule has 2 rings (SSSR count). The van der Waals surface area contributed by atoms with Gasteiger partial charge in [0.1, 0.15) is 6.54 Å². The molecule has 1 aliphatic rings. The van der Waals surface area contributed by atoms with Crippen molar-refractivity contribution in [1.29, 1.82) is 0 Å². The Balaban J connectivity index is 1.26. The van der Waals surface area contributed by atoms with Crippen LogP contribution in [0.5, 0.6) is 0 Å². The summed E-state index contributed by atoms with van der Waals surface area (Å²) in [6, 6.07) is 0. The SMILES string of the molecule is CCCCCCCCCCCCCCCC[C@@H]1CO[C@@H](COCCCCCCC[n+]2ccsc2)C1. The number of thiazole rings is 1. The Morgan fingerprint density at radius 3 is 2.00 bits per heavy atom. The van der Waals surface area contributed by atoms with Gasteiger partial charge in [0.25, 0.3) is 0 Å². The highest BCUT2D eigenvalue weighted by Gasteiger charge is 2.24. The molecular formula is C31H58NO2S+. The van der Waals surface area contributed by atoms with E-state index in [4.69, 9.17) is 9.47 Å². The minimum Gasteiger partial charge on any atom is -0.379 e. The zero-order valence-electron chi connectivity index (χ0n) is 23.2. The maximum Gasteiger partial charge on any atom is 0.224 e. The largest absolute Gasteiger partial charge is 0.379 e.